The van der Waals surface area contributed by atoms with Crippen molar-refractivity contribution in [2.24, 2.45) is 10.9 Å². The Kier molecular flexibility index (Phi) is 3.14. The van der Waals surface area contributed by atoms with E-state index in [2.05, 4.69) is 5.10 Å². The maximum Gasteiger partial charge on any atom is 0.132 e. The van der Waals surface area contributed by atoms with Gasteiger partial charge in [-0.2, -0.15) is 5.10 Å². The van der Waals surface area contributed by atoms with Gasteiger partial charge in [0.05, 0.1) is 0 Å². The molecule has 0 aliphatic heterocycles. The van der Waals surface area contributed by atoms with Gasteiger partial charge in [-0.15, -0.1) is 0 Å². The van der Waals surface area contributed by atoms with E-state index >= 15 is 0 Å². The molecule has 2 aromatic carbocycles. The van der Waals surface area contributed by atoms with Crippen molar-refractivity contribution in [3.63, 3.8) is 0 Å². The van der Waals surface area contributed by atoms with Crippen LogP contribution in [-0.4, -0.2) is 5.71 Å². The monoisotopic (exact) mass is 232 g/mol. The van der Waals surface area contributed by atoms with Crippen LogP contribution in [-0.2, 0) is 0 Å². The van der Waals surface area contributed by atoms with Crippen molar-refractivity contribution in [1.82, 2.24) is 0 Å². The molecule has 0 fully saturated rings. The van der Waals surface area contributed by atoms with Crippen molar-refractivity contribution in [1.29, 1.82) is 0 Å². The molecule has 0 saturated heterocycles. The van der Waals surface area contributed by atoms with Gasteiger partial charge in [0.25, 0.3) is 0 Å². The molecule has 86 valence electrons. The fraction of sp³-hybridized carbons (Fsp3) is 0. The first kappa shape index (κ1) is 11.3. The summed E-state index contributed by atoms with van der Waals surface area (Å²) in [4.78, 5) is 0. The highest BCUT2D eigenvalue weighted by molar-refractivity contribution is 6.12. The second-order valence-corrected chi connectivity index (χ2v) is 3.47. The molecule has 0 heterocycles. The van der Waals surface area contributed by atoms with Crippen molar-refractivity contribution in [3.8, 4) is 0 Å². The van der Waals surface area contributed by atoms with E-state index in [-0.39, 0.29) is 11.3 Å². The predicted octanol–water partition coefficient (Wildman–Crippen LogP) is 2.68. The van der Waals surface area contributed by atoms with E-state index in [1.54, 1.807) is 24.3 Å². The summed E-state index contributed by atoms with van der Waals surface area (Å²) in [6, 6.07) is 11.8. The zero-order chi connectivity index (χ0) is 12.3. The average Bonchev–Trinajstić information content (AvgIpc) is 2.33. The van der Waals surface area contributed by atoms with Crippen LogP contribution in [0.4, 0.5) is 8.78 Å². The first-order chi connectivity index (χ1) is 8.22. The summed E-state index contributed by atoms with van der Waals surface area (Å²) in [6.07, 6.45) is 0. The molecule has 2 N–H and O–H groups in total. The number of nitrogens with two attached hydrogens (primary N) is 1. The Labute approximate surface area is 97.4 Å². The third-order valence-corrected chi connectivity index (χ3v) is 2.36. The SMILES string of the molecule is NN=C(c1cccc(F)c1)c1ccccc1F. The number of hydrogen-bond acceptors (Lipinski definition) is 2. The molecular weight excluding hydrogens is 222 g/mol. The molecule has 0 bridgehead atoms. The van der Waals surface area contributed by atoms with Gasteiger partial charge in [-0.1, -0.05) is 24.3 Å². The molecule has 0 aliphatic rings. The van der Waals surface area contributed by atoms with E-state index in [0.29, 0.717) is 5.56 Å². The van der Waals surface area contributed by atoms with Crippen LogP contribution in [0.25, 0.3) is 0 Å². The normalized spacial score (nSPS) is 11.5. The Bertz CT molecular complexity index is 565. The zero-order valence-electron chi connectivity index (χ0n) is 8.90. The quantitative estimate of drug-likeness (QED) is 0.482. The molecule has 2 rings (SSSR count). The van der Waals surface area contributed by atoms with Crippen molar-refractivity contribution in [3.05, 3.63) is 71.3 Å². The fourth-order valence-electron chi connectivity index (χ4n) is 1.59. The summed E-state index contributed by atoms with van der Waals surface area (Å²) >= 11 is 0. The third-order valence-electron chi connectivity index (χ3n) is 2.36. The molecule has 0 atom stereocenters. The number of hydrazone groups is 1. The van der Waals surface area contributed by atoms with E-state index < -0.39 is 11.6 Å². The second-order valence-electron chi connectivity index (χ2n) is 3.47. The number of halogens is 2. The van der Waals surface area contributed by atoms with E-state index in [0.717, 1.165) is 0 Å². The van der Waals surface area contributed by atoms with Crippen LogP contribution in [0.5, 0.6) is 0 Å². The Morgan fingerprint density at radius 3 is 2.41 bits per heavy atom. The fourth-order valence-corrected chi connectivity index (χ4v) is 1.59. The van der Waals surface area contributed by atoms with E-state index in [9.17, 15) is 8.78 Å². The minimum atomic E-state index is -0.444. The van der Waals surface area contributed by atoms with E-state index in [1.807, 2.05) is 0 Å². The third kappa shape index (κ3) is 2.30. The van der Waals surface area contributed by atoms with Gasteiger partial charge in [0.15, 0.2) is 0 Å². The summed E-state index contributed by atoms with van der Waals surface area (Å²) in [5.41, 5.74) is 0.917. The highest BCUT2D eigenvalue weighted by Crippen LogP contribution is 2.14. The first-order valence-corrected chi connectivity index (χ1v) is 5.01. The van der Waals surface area contributed by atoms with Crippen LogP contribution in [0.3, 0.4) is 0 Å². The number of hydrogen-bond donors (Lipinski definition) is 1. The molecule has 2 nitrogen and oxygen atoms in total. The van der Waals surface area contributed by atoms with Gasteiger partial charge in [-0.25, -0.2) is 8.78 Å². The van der Waals surface area contributed by atoms with Gasteiger partial charge >= 0.3 is 0 Å². The van der Waals surface area contributed by atoms with Crippen LogP contribution < -0.4 is 5.84 Å². The summed E-state index contributed by atoms with van der Waals surface area (Å²) in [6.45, 7) is 0. The second kappa shape index (κ2) is 4.74. The van der Waals surface area contributed by atoms with Crippen LogP contribution in [0.1, 0.15) is 11.1 Å². The van der Waals surface area contributed by atoms with Gasteiger partial charge in [0.1, 0.15) is 17.3 Å². The van der Waals surface area contributed by atoms with Crippen molar-refractivity contribution in [2.45, 2.75) is 0 Å². The Balaban J connectivity index is 2.53. The summed E-state index contributed by atoms with van der Waals surface area (Å²) in [5.74, 6) is 4.39. The lowest BCUT2D eigenvalue weighted by Gasteiger charge is -2.06. The van der Waals surface area contributed by atoms with E-state index in [1.165, 1.54) is 24.3 Å². The maximum absolute atomic E-state index is 13.6. The summed E-state index contributed by atoms with van der Waals surface area (Å²) in [5, 5.41) is 3.54. The molecular formula is C13H10F2N2. The van der Waals surface area contributed by atoms with Crippen LogP contribution in [0.2, 0.25) is 0 Å². The van der Waals surface area contributed by atoms with Crippen LogP contribution in [0.15, 0.2) is 53.6 Å². The van der Waals surface area contributed by atoms with Gasteiger partial charge in [-0.3, -0.25) is 0 Å². The highest BCUT2D eigenvalue weighted by Gasteiger charge is 2.11. The lowest BCUT2D eigenvalue weighted by molar-refractivity contribution is 0.623. The number of benzene rings is 2. The van der Waals surface area contributed by atoms with Crippen LogP contribution >= 0.6 is 0 Å². The Hall–Kier alpha value is -2.23. The molecule has 0 aromatic heterocycles. The van der Waals surface area contributed by atoms with Crippen molar-refractivity contribution in [2.75, 3.05) is 0 Å². The van der Waals surface area contributed by atoms with E-state index in [4.69, 9.17) is 5.84 Å². The van der Waals surface area contributed by atoms with Gasteiger partial charge in [-0.05, 0) is 24.3 Å². The summed E-state index contributed by atoms with van der Waals surface area (Å²) in [7, 11) is 0. The molecule has 0 unspecified atom stereocenters. The largest absolute Gasteiger partial charge is 0.323 e. The topological polar surface area (TPSA) is 38.4 Å². The lowest BCUT2D eigenvalue weighted by atomic mass is 10.0. The number of rotatable bonds is 2. The average molecular weight is 232 g/mol. The molecule has 0 aliphatic carbocycles. The minimum Gasteiger partial charge on any atom is -0.323 e. The molecule has 0 radical (unpaired) electrons. The number of nitrogens with zero attached hydrogens (tertiary/aromatic N) is 1. The molecule has 2 aromatic rings. The molecule has 17 heavy (non-hydrogen) atoms. The lowest BCUT2D eigenvalue weighted by Crippen LogP contribution is -2.08. The van der Waals surface area contributed by atoms with Gasteiger partial charge in [0, 0.05) is 11.1 Å². The molecule has 0 amide bonds. The Morgan fingerprint density at radius 1 is 1.00 bits per heavy atom. The van der Waals surface area contributed by atoms with Crippen molar-refractivity contribution < 1.29 is 8.78 Å². The van der Waals surface area contributed by atoms with Gasteiger partial charge < -0.3 is 5.84 Å². The predicted molar refractivity (Wildman–Crippen MR) is 62.6 cm³/mol. The molecule has 0 spiro atoms. The zero-order valence-corrected chi connectivity index (χ0v) is 8.90. The Morgan fingerprint density at radius 2 is 1.76 bits per heavy atom. The minimum absolute atomic E-state index is 0.225. The first-order valence-electron chi connectivity index (χ1n) is 5.01. The van der Waals surface area contributed by atoms with Crippen LogP contribution in [0, 0.1) is 11.6 Å². The van der Waals surface area contributed by atoms with Gasteiger partial charge in [0.2, 0.25) is 0 Å². The van der Waals surface area contributed by atoms with Crippen molar-refractivity contribution >= 4 is 5.71 Å². The smallest absolute Gasteiger partial charge is 0.132 e. The molecule has 4 heteroatoms. The highest BCUT2D eigenvalue weighted by atomic mass is 19.1. The standard InChI is InChI=1S/C13H10F2N2/c14-10-5-3-4-9(8-10)13(17-16)11-6-1-2-7-12(11)15/h1-8H,16H2. The molecule has 0 saturated carbocycles. The maximum atomic E-state index is 13.6. The summed E-state index contributed by atoms with van der Waals surface area (Å²) < 4.78 is 26.7.